The van der Waals surface area contributed by atoms with Gasteiger partial charge in [0, 0.05) is 90.9 Å². The first-order chi connectivity index (χ1) is 37.5. The van der Waals surface area contributed by atoms with Crippen LogP contribution < -0.4 is 9.64 Å². The van der Waals surface area contributed by atoms with Crippen molar-refractivity contribution in [3.63, 3.8) is 0 Å². The van der Waals surface area contributed by atoms with E-state index in [1.54, 1.807) is 31.4 Å². The number of nitrogens with one attached hydrogen (secondary N) is 1. The number of carbonyl (C=O) groups is 3. The van der Waals surface area contributed by atoms with Crippen molar-refractivity contribution in [1.29, 1.82) is 0 Å². The number of H-pyrrole nitrogens is 1. The quantitative estimate of drug-likeness (QED) is 0.0500. The molecule has 2 saturated carbocycles. The summed E-state index contributed by atoms with van der Waals surface area (Å²) in [4.78, 5) is 55.0. The van der Waals surface area contributed by atoms with Gasteiger partial charge in [-0.25, -0.2) is 4.79 Å². The summed E-state index contributed by atoms with van der Waals surface area (Å²) in [5, 5.41) is 14.6. The first-order valence-corrected chi connectivity index (χ1v) is 29.2. The highest BCUT2D eigenvalue weighted by molar-refractivity contribution is 7.86. The van der Waals surface area contributed by atoms with Crippen LogP contribution in [0.2, 0.25) is 0 Å². The van der Waals surface area contributed by atoms with Crippen molar-refractivity contribution in [3.05, 3.63) is 137 Å². The van der Waals surface area contributed by atoms with Crippen LogP contribution in [-0.4, -0.2) is 131 Å². The minimum atomic E-state index is -4.10. The molecule has 2 N–H and O–H groups in total. The van der Waals surface area contributed by atoms with Crippen molar-refractivity contribution in [2.24, 2.45) is 23.2 Å². The van der Waals surface area contributed by atoms with Crippen LogP contribution in [0.3, 0.4) is 0 Å². The van der Waals surface area contributed by atoms with Gasteiger partial charge in [-0.05, 0) is 111 Å². The number of hydrogen-bond acceptors (Lipinski definition) is 14. The van der Waals surface area contributed by atoms with Crippen LogP contribution in [-0.2, 0) is 66.7 Å². The van der Waals surface area contributed by atoms with E-state index in [1.807, 2.05) is 56.1 Å². The maximum atomic E-state index is 16.2. The molecule has 414 valence electrons. The molecule has 4 aliphatic heterocycles. The van der Waals surface area contributed by atoms with Crippen LogP contribution in [0.15, 0.2) is 108 Å². The molecule has 16 heteroatoms. The Balaban J connectivity index is 1.15. The summed E-state index contributed by atoms with van der Waals surface area (Å²) in [6.07, 6.45) is 7.91. The molecule has 78 heavy (non-hydrogen) atoms. The molecule has 6 aliphatic rings. The maximum Gasteiger partial charge on any atom is 0.344 e. The highest BCUT2D eigenvalue weighted by Gasteiger charge is 2.80. The third-order valence-corrected chi connectivity index (χ3v) is 20.6. The Bertz CT molecular complexity index is 3260. The standard InChI is InChI=1S/C62H74N4O11S/c1-8-59-28-16-30-66-32-29-60(54(59)66)48-33-49(52(73-5)34-51(48)64(4)55(60)62(70,58(69)75-7)56(59)77-40(3)67)61(57(68)74-6)35-43(45-20-13-12-19-42(45)38-76-78(71,72)44-25-23-39(2)24-26-44)37-65(36-41-17-10-9-11-18-41)31-27-47-46-21-14-15-22-50(46)63-53(47)61/h9-11,14-18,21-26,28,33-34,42-43,45,54-56,63,70H,8,12-13,19-20,27,29-32,35-38H2,1-7H3/t42-,43+,45-,54+,55-,56-,59-,60-,61-,62+/m1/s1. The van der Waals surface area contributed by atoms with E-state index in [-0.39, 0.29) is 41.7 Å². The number of esters is 3. The van der Waals surface area contributed by atoms with Gasteiger partial charge in [-0.2, -0.15) is 8.42 Å². The Kier molecular flexibility index (Phi) is 14.2. The zero-order chi connectivity index (χ0) is 54.9. The van der Waals surface area contributed by atoms with Gasteiger partial charge in [-0.3, -0.25) is 23.6 Å². The number of aromatic amines is 1. The van der Waals surface area contributed by atoms with Gasteiger partial charge in [0.1, 0.15) is 11.2 Å². The Labute approximate surface area is 458 Å². The van der Waals surface area contributed by atoms with Gasteiger partial charge in [0.05, 0.1) is 38.9 Å². The van der Waals surface area contributed by atoms with E-state index in [0.717, 1.165) is 58.8 Å². The van der Waals surface area contributed by atoms with Crippen LogP contribution in [0, 0.1) is 30.1 Å². The monoisotopic (exact) mass is 1080 g/mol. The van der Waals surface area contributed by atoms with E-state index in [2.05, 4.69) is 63.3 Å². The van der Waals surface area contributed by atoms with E-state index in [9.17, 15) is 23.1 Å². The van der Waals surface area contributed by atoms with Crippen LogP contribution >= 0.6 is 0 Å². The van der Waals surface area contributed by atoms with Crippen molar-refractivity contribution in [3.8, 4) is 5.75 Å². The second-order valence-corrected chi connectivity index (χ2v) is 24.7. The molecule has 0 unspecified atom stereocenters. The highest BCUT2D eigenvalue weighted by Crippen LogP contribution is 2.68. The number of para-hydroxylation sites is 1. The normalized spacial score (nSPS) is 30.7. The summed E-state index contributed by atoms with van der Waals surface area (Å²) in [5.74, 6) is -2.11. The number of aromatic nitrogens is 1. The first-order valence-electron chi connectivity index (χ1n) is 27.8. The highest BCUT2D eigenvalue weighted by atomic mass is 32.2. The fraction of sp³-hybridized carbons (Fsp3) is 0.500. The molecule has 11 rings (SSSR count). The fourth-order valence-corrected chi connectivity index (χ4v) is 17.1. The molecule has 5 aromatic rings. The lowest BCUT2D eigenvalue weighted by molar-refractivity contribution is -0.228. The van der Waals surface area contributed by atoms with E-state index < -0.39 is 62.0 Å². The summed E-state index contributed by atoms with van der Waals surface area (Å²) in [7, 11) is 2.06. The van der Waals surface area contributed by atoms with Gasteiger partial charge in [0.25, 0.3) is 10.1 Å². The minimum absolute atomic E-state index is 0.0136. The summed E-state index contributed by atoms with van der Waals surface area (Å²) in [6, 6.07) is 28.0. The summed E-state index contributed by atoms with van der Waals surface area (Å²) in [6.45, 7) is 8.33. The number of benzene rings is 4. The van der Waals surface area contributed by atoms with E-state index in [0.29, 0.717) is 74.7 Å². The number of nitrogens with zero attached hydrogens (tertiary/aromatic N) is 3. The van der Waals surface area contributed by atoms with Crippen LogP contribution in [0.4, 0.5) is 5.69 Å². The second kappa shape index (κ2) is 20.6. The number of carbonyl (C=O) groups excluding carboxylic acids is 3. The lowest BCUT2D eigenvalue weighted by atomic mass is 9.47. The van der Waals surface area contributed by atoms with Crippen LogP contribution in [0.5, 0.6) is 5.75 Å². The van der Waals surface area contributed by atoms with Gasteiger partial charge >= 0.3 is 17.9 Å². The fourth-order valence-electron chi connectivity index (χ4n) is 16.2. The second-order valence-electron chi connectivity index (χ2n) is 23.1. The molecule has 5 heterocycles. The summed E-state index contributed by atoms with van der Waals surface area (Å²) >= 11 is 0. The third kappa shape index (κ3) is 8.32. The van der Waals surface area contributed by atoms with Crippen molar-refractivity contribution in [2.75, 3.05) is 66.1 Å². The average molecular weight is 1080 g/mol. The summed E-state index contributed by atoms with van der Waals surface area (Å²) in [5.41, 5.74) is 0.771. The maximum absolute atomic E-state index is 16.2. The summed E-state index contributed by atoms with van der Waals surface area (Å²) < 4.78 is 58.6. The molecule has 10 atom stereocenters. The predicted molar refractivity (Wildman–Crippen MR) is 296 cm³/mol. The molecule has 15 nitrogen and oxygen atoms in total. The van der Waals surface area contributed by atoms with Crippen molar-refractivity contribution in [2.45, 2.75) is 118 Å². The molecular weight excluding hydrogens is 1010 g/mol. The molecule has 1 saturated heterocycles. The number of anilines is 1. The number of aryl methyl sites for hydroxylation is 1. The van der Waals surface area contributed by atoms with Gasteiger partial charge in [-0.1, -0.05) is 98.1 Å². The molecular formula is C62H74N4O11S. The zero-order valence-corrected chi connectivity index (χ0v) is 46.8. The van der Waals surface area contributed by atoms with Crippen molar-refractivity contribution < 1.29 is 51.0 Å². The van der Waals surface area contributed by atoms with Crippen molar-refractivity contribution in [1.82, 2.24) is 14.8 Å². The van der Waals surface area contributed by atoms with E-state index in [1.165, 1.54) is 21.1 Å². The molecule has 3 fully saturated rings. The Morgan fingerprint density at radius 3 is 2.32 bits per heavy atom. The average Bonchev–Trinajstić information content (AvgIpc) is 2.28. The molecule has 2 aliphatic carbocycles. The Morgan fingerprint density at radius 1 is 0.872 bits per heavy atom. The van der Waals surface area contributed by atoms with Gasteiger partial charge in [0.15, 0.2) is 6.10 Å². The van der Waals surface area contributed by atoms with E-state index >= 15 is 4.79 Å². The molecule has 1 spiro atoms. The number of aliphatic hydroxyl groups is 1. The Hall–Kier alpha value is -6.04. The number of hydrogen-bond donors (Lipinski definition) is 2. The largest absolute Gasteiger partial charge is 0.496 e. The predicted octanol–water partition coefficient (Wildman–Crippen LogP) is 8.17. The topological polar surface area (TPSA) is 177 Å². The molecule has 0 bridgehead atoms. The third-order valence-electron chi connectivity index (χ3n) is 19.3. The number of fused-ring (bicyclic) bond motifs is 4. The number of likely N-dealkylation sites (N-methyl/N-ethyl adjacent to an activating group) is 1. The minimum Gasteiger partial charge on any atom is -0.496 e. The number of ether oxygens (including phenoxy) is 4. The zero-order valence-electron chi connectivity index (χ0n) is 46.0. The molecule has 0 amide bonds. The lowest BCUT2D eigenvalue weighted by Crippen LogP contribution is -2.81. The lowest BCUT2D eigenvalue weighted by Gasteiger charge is -2.63. The van der Waals surface area contributed by atoms with Crippen LogP contribution in [0.1, 0.15) is 92.3 Å². The van der Waals surface area contributed by atoms with E-state index in [4.69, 9.17) is 23.1 Å². The molecule has 4 aromatic carbocycles. The SMILES string of the molecule is CC[C@]12C=CCN3CC[C@@]4(c5cc([C@]6(C(=O)OC)C[C@H]([C@@H]7CCCC[C@@H]7COS(=O)(=O)c7ccc(C)cc7)CN(Cc7ccccc7)CCc7c6[nH]c6ccccc76)c(OC)cc5N(C)[C@H]4[C@@](O)(C(=O)OC)[C@@H]1OC(C)=O)[C@@H]32. The van der Waals surface area contributed by atoms with Crippen molar-refractivity contribution >= 4 is 44.6 Å². The van der Waals surface area contributed by atoms with Gasteiger partial charge in [0.2, 0.25) is 5.60 Å². The Morgan fingerprint density at radius 2 is 1.60 bits per heavy atom. The van der Waals surface area contributed by atoms with Gasteiger partial charge in [-0.15, -0.1) is 0 Å². The van der Waals surface area contributed by atoms with Gasteiger partial charge < -0.3 is 33.9 Å². The number of rotatable bonds is 13. The molecule has 1 aromatic heterocycles. The smallest absolute Gasteiger partial charge is 0.344 e. The van der Waals surface area contributed by atoms with Crippen LogP contribution in [0.25, 0.3) is 10.9 Å². The number of methoxy groups -OCH3 is 3. The molecule has 0 radical (unpaired) electrons. The first kappa shape index (κ1) is 53.9.